The zero-order chi connectivity index (χ0) is 13.4. The molecule has 0 bridgehead atoms. The smallest absolute Gasteiger partial charge is 0.206 e. The fourth-order valence-corrected chi connectivity index (χ4v) is 1.73. The summed E-state index contributed by atoms with van der Waals surface area (Å²) in [5.74, 6) is -7.29. The van der Waals surface area contributed by atoms with Crippen LogP contribution >= 0.6 is 23.2 Å². The quantitative estimate of drug-likeness (QED) is 0.553. The van der Waals surface area contributed by atoms with Crippen LogP contribution in [0, 0.1) is 17.5 Å². The fourth-order valence-electron chi connectivity index (χ4n) is 1.26. The predicted molar refractivity (Wildman–Crippen MR) is 50.4 cm³/mol. The predicted octanol–water partition coefficient (Wildman–Crippen LogP) is 4.60. The Bertz CT molecular complexity index is 409. The van der Waals surface area contributed by atoms with E-state index in [4.69, 9.17) is 23.2 Å². The Kier molecular flexibility index (Phi) is 4.19. The van der Waals surface area contributed by atoms with E-state index in [0.29, 0.717) is 0 Å². The summed E-state index contributed by atoms with van der Waals surface area (Å²) < 4.78 is 77.1. The number of halogens is 8. The van der Waals surface area contributed by atoms with Crippen LogP contribution in [-0.4, -0.2) is 0 Å². The minimum absolute atomic E-state index is 0.856. The Morgan fingerprint density at radius 2 is 1.12 bits per heavy atom. The molecule has 0 atom stereocenters. The van der Waals surface area contributed by atoms with Crippen molar-refractivity contribution in [3.8, 4) is 0 Å². The molecule has 8 heteroatoms. The van der Waals surface area contributed by atoms with Gasteiger partial charge in [0.1, 0.15) is 23.0 Å². The molecule has 96 valence electrons. The summed E-state index contributed by atoms with van der Waals surface area (Å²) in [6.07, 6.45) is -5.29. The van der Waals surface area contributed by atoms with Crippen LogP contribution < -0.4 is 0 Å². The van der Waals surface area contributed by atoms with Gasteiger partial charge < -0.3 is 0 Å². The van der Waals surface area contributed by atoms with Gasteiger partial charge in [0, 0.05) is 11.1 Å². The van der Waals surface area contributed by atoms with Crippen LogP contribution in [0.25, 0.3) is 0 Å². The molecule has 0 aliphatic rings. The molecule has 0 radical (unpaired) electrons. The lowest BCUT2D eigenvalue weighted by Crippen LogP contribution is -2.17. The van der Waals surface area contributed by atoms with Crippen molar-refractivity contribution in [1.82, 2.24) is 0 Å². The first-order valence-electron chi connectivity index (χ1n) is 4.13. The molecule has 0 heterocycles. The molecule has 17 heavy (non-hydrogen) atoms. The van der Waals surface area contributed by atoms with Gasteiger partial charge in [-0.05, 0) is 0 Å². The van der Waals surface area contributed by atoms with Crippen molar-refractivity contribution in [2.45, 2.75) is 17.9 Å². The van der Waals surface area contributed by atoms with Crippen molar-refractivity contribution in [1.29, 1.82) is 0 Å². The highest BCUT2D eigenvalue weighted by Gasteiger charge is 2.41. The van der Waals surface area contributed by atoms with E-state index < -0.39 is 52.1 Å². The van der Waals surface area contributed by atoms with Crippen LogP contribution in [0.1, 0.15) is 16.7 Å². The number of alkyl halides is 5. The van der Waals surface area contributed by atoms with Crippen LogP contribution in [-0.2, 0) is 17.9 Å². The first-order valence-corrected chi connectivity index (χ1v) is 5.19. The summed E-state index contributed by atoms with van der Waals surface area (Å²) in [6, 6.07) is 0. The summed E-state index contributed by atoms with van der Waals surface area (Å²) in [4.78, 5) is 0. The zero-order valence-corrected chi connectivity index (χ0v) is 9.45. The molecule has 0 N–H and O–H groups in total. The van der Waals surface area contributed by atoms with Gasteiger partial charge in [-0.1, -0.05) is 0 Å². The Balaban J connectivity index is 3.72. The van der Waals surface area contributed by atoms with Crippen LogP contribution in [0.15, 0.2) is 0 Å². The first kappa shape index (κ1) is 14.4. The molecule has 1 aromatic carbocycles. The van der Waals surface area contributed by atoms with Crippen molar-refractivity contribution in [3.63, 3.8) is 0 Å². The molecule has 0 spiro atoms. The van der Waals surface area contributed by atoms with Crippen molar-refractivity contribution in [3.05, 3.63) is 34.1 Å². The normalized spacial score (nSPS) is 12.0. The van der Waals surface area contributed by atoms with Crippen LogP contribution in [0.4, 0.5) is 26.3 Å². The highest BCUT2D eigenvalue weighted by atomic mass is 35.5. The number of benzene rings is 1. The average Bonchev–Trinajstić information content (AvgIpc) is 2.16. The van der Waals surface area contributed by atoms with E-state index in [1.165, 1.54) is 0 Å². The van der Waals surface area contributed by atoms with E-state index in [0.717, 1.165) is 0 Å². The molecule has 0 aliphatic carbocycles. The summed E-state index contributed by atoms with van der Waals surface area (Å²) >= 11 is 10.3. The van der Waals surface area contributed by atoms with Gasteiger partial charge in [0.05, 0.1) is 11.8 Å². The molecule has 0 saturated carbocycles. The summed E-state index contributed by atoms with van der Waals surface area (Å²) in [7, 11) is 0. The Hall–Kier alpha value is -0.620. The van der Waals surface area contributed by atoms with Gasteiger partial charge in [-0.2, -0.15) is 13.2 Å². The second kappa shape index (κ2) is 4.94. The molecule has 0 unspecified atom stereocenters. The molecule has 0 saturated heterocycles. The lowest BCUT2D eigenvalue weighted by molar-refractivity contribution is -0.142. The van der Waals surface area contributed by atoms with Crippen molar-refractivity contribution in [2.24, 2.45) is 0 Å². The third kappa shape index (κ3) is 2.47. The van der Waals surface area contributed by atoms with Crippen LogP contribution in [0.2, 0.25) is 0 Å². The van der Waals surface area contributed by atoms with Crippen LogP contribution in [0.5, 0.6) is 0 Å². The Morgan fingerprint density at radius 3 is 1.35 bits per heavy atom. The maximum absolute atomic E-state index is 13.3. The van der Waals surface area contributed by atoms with Gasteiger partial charge >= 0.3 is 6.18 Å². The molecule has 0 amide bonds. The third-order valence-corrected chi connectivity index (χ3v) is 2.58. The third-order valence-electron chi connectivity index (χ3n) is 2.05. The molecule has 0 fully saturated rings. The molecule has 1 aromatic rings. The molecule has 0 aromatic heterocycles. The van der Waals surface area contributed by atoms with Gasteiger partial charge in [0.15, 0.2) is 0 Å². The van der Waals surface area contributed by atoms with E-state index >= 15 is 0 Å². The Morgan fingerprint density at radius 1 is 0.765 bits per heavy atom. The fraction of sp³-hybridized carbons (Fsp3) is 0.333. The number of hydrogen-bond donors (Lipinski definition) is 0. The number of rotatable bonds is 2. The standard InChI is InChI=1S/C9H4Cl2F6/c10-1-3-6(12)4(2-11)8(14)5(7(3)13)9(15,16)17/h1-2H2. The first-order chi connectivity index (χ1) is 7.75. The SMILES string of the molecule is Fc1c(CCl)c(F)c(C(F)(F)F)c(F)c1CCl. The van der Waals surface area contributed by atoms with E-state index in [2.05, 4.69) is 0 Å². The van der Waals surface area contributed by atoms with Gasteiger partial charge in [-0.3, -0.25) is 0 Å². The molecule has 0 aliphatic heterocycles. The number of hydrogen-bond acceptors (Lipinski definition) is 0. The molecule has 0 nitrogen and oxygen atoms in total. The summed E-state index contributed by atoms with van der Waals surface area (Å²) in [5.41, 5.74) is -4.27. The monoisotopic (exact) mass is 296 g/mol. The van der Waals surface area contributed by atoms with Crippen molar-refractivity contribution in [2.75, 3.05) is 0 Å². The minimum Gasteiger partial charge on any atom is -0.206 e. The maximum atomic E-state index is 13.3. The zero-order valence-electron chi connectivity index (χ0n) is 7.94. The van der Waals surface area contributed by atoms with E-state index in [9.17, 15) is 26.3 Å². The molecule has 1 rings (SSSR count). The lowest BCUT2D eigenvalue weighted by Gasteiger charge is -2.15. The lowest BCUT2D eigenvalue weighted by atomic mass is 10.0. The van der Waals surface area contributed by atoms with Crippen molar-refractivity contribution >= 4 is 23.2 Å². The van der Waals surface area contributed by atoms with Crippen LogP contribution in [0.3, 0.4) is 0 Å². The molecular formula is C9H4Cl2F6. The highest BCUT2D eigenvalue weighted by Crippen LogP contribution is 2.38. The average molecular weight is 297 g/mol. The largest absolute Gasteiger partial charge is 0.422 e. The second-order valence-corrected chi connectivity index (χ2v) is 3.57. The van der Waals surface area contributed by atoms with E-state index in [1.54, 1.807) is 0 Å². The second-order valence-electron chi connectivity index (χ2n) is 3.04. The summed E-state index contributed by atoms with van der Waals surface area (Å²) in [5, 5.41) is 0. The van der Waals surface area contributed by atoms with Gasteiger partial charge in [0.25, 0.3) is 0 Å². The minimum atomic E-state index is -5.29. The maximum Gasteiger partial charge on any atom is 0.422 e. The van der Waals surface area contributed by atoms with Gasteiger partial charge in [-0.15, -0.1) is 23.2 Å². The summed E-state index contributed by atoms with van der Waals surface area (Å²) in [6.45, 7) is 0. The van der Waals surface area contributed by atoms with Gasteiger partial charge in [0.2, 0.25) is 0 Å². The Labute approximate surface area is 102 Å². The van der Waals surface area contributed by atoms with Crippen molar-refractivity contribution < 1.29 is 26.3 Å². The van der Waals surface area contributed by atoms with Gasteiger partial charge in [-0.25, -0.2) is 13.2 Å². The highest BCUT2D eigenvalue weighted by molar-refractivity contribution is 6.17. The van der Waals surface area contributed by atoms with E-state index in [-0.39, 0.29) is 0 Å². The topological polar surface area (TPSA) is 0 Å². The molecular weight excluding hydrogens is 293 g/mol. The van der Waals surface area contributed by atoms with E-state index in [1.807, 2.05) is 0 Å².